The van der Waals surface area contributed by atoms with Gasteiger partial charge in [-0.25, -0.2) is 5.43 Å². The molecule has 3 aromatic carbocycles. The molecule has 7 nitrogen and oxygen atoms in total. The van der Waals surface area contributed by atoms with Crippen molar-refractivity contribution >= 4 is 44.6 Å². The molecule has 30 heavy (non-hydrogen) atoms. The Bertz CT molecular complexity index is 1280. The number of hydrogen-bond acceptors (Lipinski definition) is 4. The second kappa shape index (κ2) is 8.30. The van der Waals surface area contributed by atoms with Crippen LogP contribution in [0.3, 0.4) is 0 Å². The number of benzene rings is 3. The molecule has 0 aliphatic heterocycles. The number of non-ortho nitro benzene ring substituents is 1. The van der Waals surface area contributed by atoms with E-state index in [9.17, 15) is 14.9 Å². The summed E-state index contributed by atoms with van der Waals surface area (Å²) in [5.41, 5.74) is 5.56. The summed E-state index contributed by atoms with van der Waals surface area (Å²) in [5.74, 6) is -0.445. The van der Waals surface area contributed by atoms with Crippen molar-refractivity contribution in [1.82, 2.24) is 10.4 Å². The van der Waals surface area contributed by atoms with Crippen LogP contribution in [0.4, 0.5) is 5.69 Å². The van der Waals surface area contributed by atoms with Crippen LogP contribution in [0.5, 0.6) is 0 Å². The quantitative estimate of drug-likeness (QED) is 0.240. The number of nitro groups is 1. The molecule has 0 atom stereocenters. The number of carbonyl (C=O) groups excluding carboxylic acids is 1. The van der Waals surface area contributed by atoms with Crippen LogP contribution in [0, 0.1) is 10.1 Å². The van der Waals surface area contributed by atoms with Gasteiger partial charge in [0, 0.05) is 33.1 Å². The number of carbonyl (C=O) groups is 1. The molecule has 4 rings (SSSR count). The Balaban J connectivity index is 1.74. The van der Waals surface area contributed by atoms with E-state index in [0.29, 0.717) is 16.5 Å². The fraction of sp³-hybridized carbons (Fsp3) is 0. The smallest absolute Gasteiger partial charge is 0.288 e. The highest BCUT2D eigenvalue weighted by Gasteiger charge is 2.21. The molecule has 0 bridgehead atoms. The first-order chi connectivity index (χ1) is 14.5. The first-order valence-corrected chi connectivity index (χ1v) is 9.77. The molecule has 2 N–H and O–H groups in total. The number of aromatic amines is 1. The first-order valence-electron chi connectivity index (χ1n) is 8.97. The van der Waals surface area contributed by atoms with Crippen molar-refractivity contribution in [2.45, 2.75) is 0 Å². The van der Waals surface area contributed by atoms with E-state index in [0.717, 1.165) is 15.6 Å². The SMILES string of the molecule is O=C(N/N=C\c1cccc(Br)c1)c1[nH]c2ccc([N+](=O)[O-])cc2c1-c1ccccc1. The van der Waals surface area contributed by atoms with Crippen LogP contribution in [-0.2, 0) is 0 Å². The maximum absolute atomic E-state index is 12.9. The lowest BCUT2D eigenvalue weighted by Crippen LogP contribution is -2.18. The second-order valence-electron chi connectivity index (χ2n) is 6.48. The maximum Gasteiger partial charge on any atom is 0.288 e. The van der Waals surface area contributed by atoms with Crippen molar-refractivity contribution in [2.24, 2.45) is 5.10 Å². The summed E-state index contributed by atoms with van der Waals surface area (Å²) in [6, 6.07) is 21.2. The van der Waals surface area contributed by atoms with Gasteiger partial charge in [0.2, 0.25) is 0 Å². The number of nitrogens with zero attached hydrogens (tertiary/aromatic N) is 2. The second-order valence-corrected chi connectivity index (χ2v) is 7.40. The summed E-state index contributed by atoms with van der Waals surface area (Å²) in [6.07, 6.45) is 1.54. The molecule has 0 saturated heterocycles. The Hall–Kier alpha value is -3.78. The lowest BCUT2D eigenvalue weighted by Gasteiger charge is -2.04. The fourth-order valence-corrected chi connectivity index (χ4v) is 3.59. The van der Waals surface area contributed by atoms with Crippen molar-refractivity contribution in [3.05, 3.63) is 98.6 Å². The maximum atomic E-state index is 12.9. The highest BCUT2D eigenvalue weighted by molar-refractivity contribution is 9.10. The number of hydrazone groups is 1. The Morgan fingerprint density at radius 2 is 1.87 bits per heavy atom. The van der Waals surface area contributed by atoms with Gasteiger partial charge in [0.15, 0.2) is 0 Å². The van der Waals surface area contributed by atoms with Crippen LogP contribution in [-0.4, -0.2) is 22.0 Å². The zero-order valence-corrected chi connectivity index (χ0v) is 17.1. The lowest BCUT2D eigenvalue weighted by atomic mass is 10.0. The minimum atomic E-state index is -0.455. The molecule has 0 aliphatic rings. The van der Waals surface area contributed by atoms with Crippen molar-refractivity contribution < 1.29 is 9.72 Å². The zero-order chi connectivity index (χ0) is 21.1. The normalized spacial score (nSPS) is 11.1. The van der Waals surface area contributed by atoms with Crippen LogP contribution in [0.1, 0.15) is 16.1 Å². The zero-order valence-electron chi connectivity index (χ0n) is 15.5. The molecule has 148 valence electrons. The van der Waals surface area contributed by atoms with Gasteiger partial charge in [0.1, 0.15) is 5.69 Å². The number of fused-ring (bicyclic) bond motifs is 1. The topological polar surface area (TPSA) is 100 Å². The molecule has 0 fully saturated rings. The number of halogens is 1. The van der Waals surface area contributed by atoms with E-state index >= 15 is 0 Å². The summed E-state index contributed by atoms with van der Waals surface area (Å²) in [5, 5.41) is 15.9. The average Bonchev–Trinajstić information content (AvgIpc) is 3.13. The van der Waals surface area contributed by atoms with E-state index in [1.165, 1.54) is 12.1 Å². The van der Waals surface area contributed by atoms with Crippen LogP contribution in [0.25, 0.3) is 22.0 Å². The third-order valence-electron chi connectivity index (χ3n) is 4.51. The summed E-state index contributed by atoms with van der Waals surface area (Å²) < 4.78 is 0.904. The first kappa shape index (κ1) is 19.5. The Morgan fingerprint density at radius 3 is 2.60 bits per heavy atom. The number of nitrogens with one attached hydrogen (secondary N) is 2. The highest BCUT2D eigenvalue weighted by Crippen LogP contribution is 2.34. The molecule has 0 saturated carbocycles. The predicted octanol–water partition coefficient (Wildman–Crippen LogP) is 5.27. The highest BCUT2D eigenvalue weighted by atomic mass is 79.9. The number of aromatic nitrogens is 1. The molecule has 0 radical (unpaired) electrons. The van der Waals surface area contributed by atoms with Crippen molar-refractivity contribution in [3.63, 3.8) is 0 Å². The Labute approximate surface area is 179 Å². The molecule has 1 aromatic heterocycles. The third-order valence-corrected chi connectivity index (χ3v) is 5.00. The van der Waals surface area contributed by atoms with Crippen LogP contribution < -0.4 is 5.43 Å². The van der Waals surface area contributed by atoms with Gasteiger partial charge in [-0.05, 0) is 29.3 Å². The van der Waals surface area contributed by atoms with E-state index < -0.39 is 10.8 Å². The van der Waals surface area contributed by atoms with Crippen molar-refractivity contribution in [1.29, 1.82) is 0 Å². The molecule has 1 heterocycles. The number of H-pyrrole nitrogens is 1. The molecule has 0 aliphatic carbocycles. The number of hydrogen-bond donors (Lipinski definition) is 2. The monoisotopic (exact) mass is 462 g/mol. The van der Waals surface area contributed by atoms with Gasteiger partial charge in [-0.1, -0.05) is 58.4 Å². The van der Waals surface area contributed by atoms with Crippen LogP contribution in [0.15, 0.2) is 82.4 Å². The third kappa shape index (κ3) is 3.99. The van der Waals surface area contributed by atoms with Crippen LogP contribution in [0.2, 0.25) is 0 Å². The van der Waals surface area contributed by atoms with Gasteiger partial charge >= 0.3 is 0 Å². The summed E-state index contributed by atoms with van der Waals surface area (Å²) in [7, 11) is 0. The minimum Gasteiger partial charge on any atom is -0.350 e. The van der Waals surface area contributed by atoms with Crippen molar-refractivity contribution in [2.75, 3.05) is 0 Å². The van der Waals surface area contributed by atoms with Gasteiger partial charge in [-0.3, -0.25) is 14.9 Å². The fourth-order valence-electron chi connectivity index (χ4n) is 3.18. The van der Waals surface area contributed by atoms with E-state index in [1.54, 1.807) is 12.3 Å². The largest absolute Gasteiger partial charge is 0.350 e. The van der Waals surface area contributed by atoms with Crippen LogP contribution >= 0.6 is 15.9 Å². The van der Waals surface area contributed by atoms with Gasteiger partial charge in [-0.2, -0.15) is 5.10 Å². The Kier molecular flexibility index (Phi) is 5.40. The standard InChI is InChI=1S/C22H15BrN4O3/c23-16-8-4-5-14(11-16)13-24-26-22(28)21-20(15-6-2-1-3-7-15)18-12-17(27(29)30)9-10-19(18)25-21/h1-13,25H,(H,26,28)/b24-13-. The number of amides is 1. The van der Waals surface area contributed by atoms with E-state index in [1.807, 2.05) is 54.6 Å². The van der Waals surface area contributed by atoms with Gasteiger partial charge < -0.3 is 4.98 Å². The summed E-state index contributed by atoms with van der Waals surface area (Å²) in [6.45, 7) is 0. The molecule has 8 heteroatoms. The van der Waals surface area contributed by atoms with Crippen molar-refractivity contribution in [3.8, 4) is 11.1 Å². The number of rotatable bonds is 5. The molecular weight excluding hydrogens is 448 g/mol. The molecule has 1 amide bonds. The van der Waals surface area contributed by atoms with Gasteiger partial charge in [0.25, 0.3) is 11.6 Å². The number of nitro benzene ring substituents is 1. The predicted molar refractivity (Wildman–Crippen MR) is 120 cm³/mol. The summed E-state index contributed by atoms with van der Waals surface area (Å²) in [4.78, 5) is 26.7. The molecular formula is C22H15BrN4O3. The van der Waals surface area contributed by atoms with E-state index in [-0.39, 0.29) is 11.4 Å². The van der Waals surface area contributed by atoms with Gasteiger partial charge in [-0.15, -0.1) is 0 Å². The van der Waals surface area contributed by atoms with E-state index in [4.69, 9.17) is 0 Å². The van der Waals surface area contributed by atoms with E-state index in [2.05, 4.69) is 31.4 Å². The Morgan fingerprint density at radius 1 is 1.07 bits per heavy atom. The molecule has 4 aromatic rings. The molecule has 0 unspecified atom stereocenters. The summed E-state index contributed by atoms with van der Waals surface area (Å²) >= 11 is 3.39. The molecule has 0 spiro atoms. The lowest BCUT2D eigenvalue weighted by molar-refractivity contribution is -0.384. The van der Waals surface area contributed by atoms with Gasteiger partial charge in [0.05, 0.1) is 11.1 Å². The minimum absolute atomic E-state index is 0.0432. The average molecular weight is 463 g/mol.